The maximum Gasteiger partial charge on any atom is 0.257 e. The van der Waals surface area contributed by atoms with Gasteiger partial charge in [0, 0.05) is 49.7 Å². The molecule has 0 spiro atoms. The van der Waals surface area contributed by atoms with Crippen molar-refractivity contribution in [2.24, 2.45) is 0 Å². The standard InChI is InChI=1S/C21H23Cl2N5O3/c1-21(2-3-21)14-8-16(17(29)9-15(14)22)24-12-18(30)27-4-6-28(7-5-27)19(31)13-10-25-20(23)26-11-13/h8-11,24,29H,2-7,12H2,1H3. The van der Waals surface area contributed by atoms with Crippen molar-refractivity contribution >= 4 is 40.7 Å². The number of anilines is 1. The number of nitrogens with one attached hydrogen (secondary N) is 1. The highest BCUT2D eigenvalue weighted by Crippen LogP contribution is 2.51. The van der Waals surface area contributed by atoms with Crippen LogP contribution in [-0.4, -0.2) is 69.4 Å². The Morgan fingerprint density at radius 2 is 1.71 bits per heavy atom. The molecule has 1 saturated carbocycles. The summed E-state index contributed by atoms with van der Waals surface area (Å²) >= 11 is 12.0. The van der Waals surface area contributed by atoms with Crippen LogP contribution in [0.25, 0.3) is 0 Å². The van der Waals surface area contributed by atoms with E-state index in [1.165, 1.54) is 18.5 Å². The van der Waals surface area contributed by atoms with Crippen molar-refractivity contribution in [1.82, 2.24) is 19.8 Å². The molecule has 2 heterocycles. The minimum absolute atomic E-state index is 0.0198. The smallest absolute Gasteiger partial charge is 0.257 e. The van der Waals surface area contributed by atoms with Crippen LogP contribution in [0.5, 0.6) is 5.75 Å². The molecule has 0 radical (unpaired) electrons. The SMILES string of the molecule is CC1(c2cc(NCC(=O)N3CCN(C(=O)c4cnc(Cl)nc4)CC3)c(O)cc2Cl)CC1. The monoisotopic (exact) mass is 463 g/mol. The molecule has 2 aliphatic rings. The summed E-state index contributed by atoms with van der Waals surface area (Å²) in [5.41, 5.74) is 1.89. The van der Waals surface area contributed by atoms with Gasteiger partial charge in [0.25, 0.3) is 5.91 Å². The minimum atomic E-state index is -0.186. The molecule has 0 unspecified atom stereocenters. The first-order chi connectivity index (χ1) is 14.8. The summed E-state index contributed by atoms with van der Waals surface area (Å²) in [6.45, 7) is 3.87. The molecular weight excluding hydrogens is 441 g/mol. The number of benzene rings is 1. The van der Waals surface area contributed by atoms with Gasteiger partial charge in [-0.05, 0) is 41.5 Å². The van der Waals surface area contributed by atoms with Crippen molar-refractivity contribution in [3.63, 3.8) is 0 Å². The Bertz CT molecular complexity index is 1000. The van der Waals surface area contributed by atoms with E-state index in [2.05, 4.69) is 22.2 Å². The van der Waals surface area contributed by atoms with E-state index in [1.54, 1.807) is 9.80 Å². The third-order valence-corrected chi connectivity index (χ3v) is 6.46. The quantitative estimate of drug-likeness (QED) is 0.522. The summed E-state index contributed by atoms with van der Waals surface area (Å²) in [6, 6.07) is 3.36. The molecular formula is C21H23Cl2N5O3. The number of rotatable bonds is 5. The number of carbonyl (C=O) groups is 2. The first kappa shape index (κ1) is 21.6. The van der Waals surface area contributed by atoms with Crippen molar-refractivity contribution in [2.75, 3.05) is 38.0 Å². The summed E-state index contributed by atoms with van der Waals surface area (Å²) in [5, 5.41) is 13.9. The zero-order chi connectivity index (χ0) is 22.2. The Kier molecular flexibility index (Phi) is 5.94. The van der Waals surface area contributed by atoms with Crippen LogP contribution in [-0.2, 0) is 10.2 Å². The second-order valence-corrected chi connectivity index (χ2v) is 8.92. The molecule has 0 bridgehead atoms. The number of nitrogens with zero attached hydrogens (tertiary/aromatic N) is 4. The lowest BCUT2D eigenvalue weighted by Crippen LogP contribution is -2.51. The van der Waals surface area contributed by atoms with E-state index in [0.29, 0.717) is 42.5 Å². The minimum Gasteiger partial charge on any atom is -0.506 e. The summed E-state index contributed by atoms with van der Waals surface area (Å²) in [7, 11) is 0. The largest absolute Gasteiger partial charge is 0.506 e. The van der Waals surface area contributed by atoms with Crippen LogP contribution >= 0.6 is 23.2 Å². The van der Waals surface area contributed by atoms with Crippen LogP contribution in [0.15, 0.2) is 24.5 Å². The van der Waals surface area contributed by atoms with Gasteiger partial charge in [0.2, 0.25) is 11.2 Å². The summed E-state index contributed by atoms with van der Waals surface area (Å²) in [5.74, 6) is -0.268. The van der Waals surface area contributed by atoms with Crippen LogP contribution < -0.4 is 5.32 Å². The summed E-state index contributed by atoms with van der Waals surface area (Å²) in [4.78, 5) is 36.2. The molecule has 164 valence electrons. The predicted octanol–water partition coefficient (Wildman–Crippen LogP) is 2.94. The number of halogens is 2. The van der Waals surface area contributed by atoms with Crippen LogP contribution in [0, 0.1) is 0 Å². The lowest BCUT2D eigenvalue weighted by Gasteiger charge is -2.34. The van der Waals surface area contributed by atoms with Crippen LogP contribution in [0.3, 0.4) is 0 Å². The van der Waals surface area contributed by atoms with Crippen molar-refractivity contribution in [3.05, 3.63) is 46.0 Å². The summed E-state index contributed by atoms with van der Waals surface area (Å²) in [6.07, 6.45) is 4.91. The number of carbonyl (C=O) groups excluding carboxylic acids is 2. The van der Waals surface area contributed by atoms with E-state index in [1.807, 2.05) is 6.07 Å². The number of aromatic hydroxyl groups is 1. The van der Waals surface area contributed by atoms with Gasteiger partial charge in [-0.2, -0.15) is 0 Å². The van der Waals surface area contributed by atoms with Gasteiger partial charge in [0.15, 0.2) is 0 Å². The summed E-state index contributed by atoms with van der Waals surface area (Å²) < 4.78 is 0. The lowest BCUT2D eigenvalue weighted by molar-refractivity contribution is -0.130. The van der Waals surface area contributed by atoms with Crippen LogP contribution in [0.2, 0.25) is 10.3 Å². The Labute approximate surface area is 190 Å². The second kappa shape index (κ2) is 8.51. The van der Waals surface area contributed by atoms with Gasteiger partial charge in [-0.3, -0.25) is 9.59 Å². The first-order valence-corrected chi connectivity index (χ1v) is 10.8. The van der Waals surface area contributed by atoms with Gasteiger partial charge in [-0.15, -0.1) is 0 Å². The third-order valence-electron chi connectivity index (χ3n) is 5.95. The number of phenolic OH excluding ortho intramolecular Hbond substituents is 1. The fourth-order valence-corrected chi connectivity index (χ4v) is 4.15. The molecule has 1 aromatic heterocycles. The number of aromatic nitrogens is 2. The van der Waals surface area contributed by atoms with Gasteiger partial charge in [-0.25, -0.2) is 9.97 Å². The van der Waals surface area contributed by atoms with E-state index in [-0.39, 0.29) is 34.8 Å². The number of piperazine rings is 1. The van der Waals surface area contributed by atoms with Crippen molar-refractivity contribution in [2.45, 2.75) is 25.2 Å². The molecule has 1 saturated heterocycles. The second-order valence-electron chi connectivity index (χ2n) is 8.18. The highest BCUT2D eigenvalue weighted by atomic mass is 35.5. The fourth-order valence-electron chi connectivity index (χ4n) is 3.67. The van der Waals surface area contributed by atoms with Gasteiger partial charge in [-0.1, -0.05) is 18.5 Å². The van der Waals surface area contributed by atoms with E-state index in [0.717, 1.165) is 18.4 Å². The molecule has 0 atom stereocenters. The van der Waals surface area contributed by atoms with E-state index in [9.17, 15) is 14.7 Å². The molecule has 2 amide bonds. The highest BCUT2D eigenvalue weighted by molar-refractivity contribution is 6.31. The van der Waals surface area contributed by atoms with Crippen molar-refractivity contribution in [1.29, 1.82) is 0 Å². The van der Waals surface area contributed by atoms with Gasteiger partial charge < -0.3 is 20.2 Å². The Balaban J connectivity index is 1.32. The normalized spacial score (nSPS) is 17.4. The Morgan fingerprint density at radius 1 is 1.10 bits per heavy atom. The topological polar surface area (TPSA) is 98.7 Å². The molecule has 1 aromatic carbocycles. The molecule has 8 nitrogen and oxygen atoms in total. The zero-order valence-corrected chi connectivity index (χ0v) is 18.6. The molecule has 31 heavy (non-hydrogen) atoms. The lowest BCUT2D eigenvalue weighted by atomic mass is 9.97. The van der Waals surface area contributed by atoms with Crippen molar-refractivity contribution < 1.29 is 14.7 Å². The maximum atomic E-state index is 12.6. The first-order valence-electron chi connectivity index (χ1n) is 10.1. The fraction of sp³-hybridized carbons (Fsp3) is 0.429. The zero-order valence-electron chi connectivity index (χ0n) is 17.1. The molecule has 2 fully saturated rings. The number of hydrogen-bond donors (Lipinski definition) is 2. The molecule has 4 rings (SSSR count). The average Bonchev–Trinajstić information content (AvgIpc) is 3.51. The van der Waals surface area contributed by atoms with Gasteiger partial charge >= 0.3 is 0 Å². The predicted molar refractivity (Wildman–Crippen MR) is 118 cm³/mol. The van der Waals surface area contributed by atoms with Crippen LogP contribution in [0.1, 0.15) is 35.7 Å². The number of hydrogen-bond acceptors (Lipinski definition) is 6. The maximum absolute atomic E-state index is 12.6. The number of amides is 2. The van der Waals surface area contributed by atoms with Gasteiger partial charge in [0.05, 0.1) is 17.8 Å². The molecule has 1 aliphatic heterocycles. The Morgan fingerprint density at radius 3 is 2.32 bits per heavy atom. The Hall–Kier alpha value is -2.58. The van der Waals surface area contributed by atoms with E-state index in [4.69, 9.17) is 23.2 Å². The van der Waals surface area contributed by atoms with E-state index < -0.39 is 0 Å². The molecule has 2 aromatic rings. The molecule has 10 heteroatoms. The molecule has 2 N–H and O–H groups in total. The van der Waals surface area contributed by atoms with Gasteiger partial charge in [0.1, 0.15) is 5.75 Å². The highest BCUT2D eigenvalue weighted by Gasteiger charge is 2.41. The van der Waals surface area contributed by atoms with E-state index >= 15 is 0 Å². The number of phenols is 1. The third kappa shape index (κ3) is 4.70. The van der Waals surface area contributed by atoms with Crippen molar-refractivity contribution in [3.8, 4) is 5.75 Å². The average molecular weight is 464 g/mol. The molecule has 1 aliphatic carbocycles. The van der Waals surface area contributed by atoms with Crippen LogP contribution in [0.4, 0.5) is 5.69 Å².